The van der Waals surface area contributed by atoms with Gasteiger partial charge in [0.05, 0.1) is 12.6 Å². The number of carbonyl (C=O) groups is 1. The van der Waals surface area contributed by atoms with Gasteiger partial charge in [0, 0.05) is 25.9 Å². The van der Waals surface area contributed by atoms with E-state index in [9.17, 15) is 4.79 Å². The number of rotatable bonds is 7. The number of hydrogen-bond acceptors (Lipinski definition) is 3. The van der Waals surface area contributed by atoms with Gasteiger partial charge in [-0.2, -0.15) is 0 Å². The molecule has 1 fully saturated rings. The van der Waals surface area contributed by atoms with Gasteiger partial charge < -0.3 is 20.1 Å². The maximum absolute atomic E-state index is 11.9. The van der Waals surface area contributed by atoms with Crippen LogP contribution in [0.5, 0.6) is 0 Å². The van der Waals surface area contributed by atoms with Crippen molar-refractivity contribution in [2.24, 2.45) is 11.8 Å². The highest BCUT2D eigenvalue weighted by Gasteiger charge is 2.22. The molecule has 0 unspecified atom stereocenters. The third-order valence-corrected chi connectivity index (χ3v) is 3.53. The van der Waals surface area contributed by atoms with E-state index in [1.165, 1.54) is 0 Å². The predicted molar refractivity (Wildman–Crippen MR) is 79.8 cm³/mol. The van der Waals surface area contributed by atoms with Crippen molar-refractivity contribution in [2.75, 3.05) is 26.4 Å². The Balaban J connectivity index is 2.17. The average Bonchev–Trinajstić information content (AvgIpc) is 2.38. The summed E-state index contributed by atoms with van der Waals surface area (Å²) in [5.41, 5.74) is 0. The fourth-order valence-electron chi connectivity index (χ4n) is 2.33. The Bertz CT molecular complexity index is 278. The van der Waals surface area contributed by atoms with E-state index in [2.05, 4.69) is 31.4 Å². The molecule has 1 saturated heterocycles. The zero-order chi connectivity index (χ0) is 15.0. The van der Waals surface area contributed by atoms with Crippen molar-refractivity contribution in [3.63, 3.8) is 0 Å². The van der Waals surface area contributed by atoms with Crippen molar-refractivity contribution in [3.05, 3.63) is 0 Å². The molecular formula is C15H30N2O3. The Morgan fingerprint density at radius 2 is 1.80 bits per heavy atom. The molecule has 20 heavy (non-hydrogen) atoms. The summed E-state index contributed by atoms with van der Waals surface area (Å²) in [6, 6.07) is 0.1000. The van der Waals surface area contributed by atoms with Crippen LogP contribution in [0.15, 0.2) is 0 Å². The van der Waals surface area contributed by atoms with Crippen molar-refractivity contribution >= 4 is 6.03 Å². The molecule has 2 atom stereocenters. The van der Waals surface area contributed by atoms with Crippen molar-refractivity contribution < 1.29 is 14.3 Å². The molecule has 0 aliphatic carbocycles. The van der Waals surface area contributed by atoms with E-state index in [1.54, 1.807) is 0 Å². The molecule has 5 heteroatoms. The smallest absolute Gasteiger partial charge is 0.315 e. The standard InChI is InChI=1S/C15H30N2O3/c1-11(2)9-20-10-12(3)16-15(18)17-13(4)14-5-7-19-8-6-14/h11-14H,5-10H2,1-4H3,(H2,16,17,18)/t12-,13-/m0/s1. The first-order valence-electron chi connectivity index (χ1n) is 7.71. The number of nitrogens with one attached hydrogen (secondary N) is 2. The third kappa shape index (κ3) is 7.10. The predicted octanol–water partition coefficient (Wildman–Crippen LogP) is 2.16. The van der Waals surface area contributed by atoms with Gasteiger partial charge in [0.2, 0.25) is 0 Å². The summed E-state index contributed by atoms with van der Waals surface area (Å²) >= 11 is 0. The summed E-state index contributed by atoms with van der Waals surface area (Å²) in [6.45, 7) is 11.1. The highest BCUT2D eigenvalue weighted by Crippen LogP contribution is 2.18. The van der Waals surface area contributed by atoms with Gasteiger partial charge in [0.25, 0.3) is 0 Å². The minimum absolute atomic E-state index is 0.0237. The van der Waals surface area contributed by atoms with Gasteiger partial charge in [-0.15, -0.1) is 0 Å². The highest BCUT2D eigenvalue weighted by atomic mass is 16.5. The van der Waals surface area contributed by atoms with Gasteiger partial charge in [-0.3, -0.25) is 0 Å². The van der Waals surface area contributed by atoms with Crippen LogP contribution in [0, 0.1) is 11.8 Å². The molecule has 2 N–H and O–H groups in total. The van der Waals surface area contributed by atoms with E-state index in [0.717, 1.165) is 32.7 Å². The van der Waals surface area contributed by atoms with E-state index in [1.807, 2.05) is 6.92 Å². The van der Waals surface area contributed by atoms with Gasteiger partial charge in [-0.25, -0.2) is 4.79 Å². The van der Waals surface area contributed by atoms with Gasteiger partial charge in [-0.1, -0.05) is 13.8 Å². The lowest BCUT2D eigenvalue weighted by Crippen LogP contribution is -2.48. The molecule has 1 aliphatic rings. The Hall–Kier alpha value is -0.810. The highest BCUT2D eigenvalue weighted by molar-refractivity contribution is 5.74. The maximum atomic E-state index is 11.9. The summed E-state index contributed by atoms with van der Waals surface area (Å²) < 4.78 is 10.9. The van der Waals surface area contributed by atoms with Crippen LogP contribution < -0.4 is 10.6 Å². The topological polar surface area (TPSA) is 59.6 Å². The van der Waals surface area contributed by atoms with Crippen LogP contribution in [-0.2, 0) is 9.47 Å². The monoisotopic (exact) mass is 286 g/mol. The van der Waals surface area contributed by atoms with E-state index in [4.69, 9.17) is 9.47 Å². The fourth-order valence-corrected chi connectivity index (χ4v) is 2.33. The minimum Gasteiger partial charge on any atom is -0.381 e. The number of urea groups is 1. The largest absolute Gasteiger partial charge is 0.381 e. The van der Waals surface area contributed by atoms with Crippen molar-refractivity contribution in [2.45, 2.75) is 52.6 Å². The van der Waals surface area contributed by atoms with Crippen LogP contribution in [0.2, 0.25) is 0 Å². The first-order valence-corrected chi connectivity index (χ1v) is 7.71. The zero-order valence-corrected chi connectivity index (χ0v) is 13.3. The second-order valence-electron chi connectivity index (χ2n) is 6.19. The summed E-state index contributed by atoms with van der Waals surface area (Å²) in [7, 11) is 0. The summed E-state index contributed by atoms with van der Waals surface area (Å²) in [6.07, 6.45) is 2.04. The Labute approximate surface area is 122 Å². The van der Waals surface area contributed by atoms with Crippen LogP contribution >= 0.6 is 0 Å². The lowest BCUT2D eigenvalue weighted by molar-refractivity contribution is 0.0568. The van der Waals surface area contributed by atoms with E-state index >= 15 is 0 Å². The fraction of sp³-hybridized carbons (Fsp3) is 0.933. The van der Waals surface area contributed by atoms with Crippen LogP contribution in [0.1, 0.15) is 40.5 Å². The van der Waals surface area contributed by atoms with Gasteiger partial charge in [0.1, 0.15) is 0 Å². The molecule has 1 heterocycles. The normalized spacial score (nSPS) is 19.6. The van der Waals surface area contributed by atoms with Crippen LogP contribution in [0.3, 0.4) is 0 Å². The quantitative estimate of drug-likeness (QED) is 0.754. The molecule has 1 aliphatic heterocycles. The van der Waals surface area contributed by atoms with Crippen LogP contribution in [-0.4, -0.2) is 44.5 Å². The number of carbonyl (C=O) groups excluding carboxylic acids is 1. The molecule has 2 amide bonds. The van der Waals surface area contributed by atoms with Gasteiger partial charge in [0.15, 0.2) is 0 Å². The number of amides is 2. The first kappa shape index (κ1) is 17.2. The number of ether oxygens (including phenoxy) is 2. The molecule has 0 spiro atoms. The molecule has 0 aromatic carbocycles. The summed E-state index contributed by atoms with van der Waals surface area (Å²) in [4.78, 5) is 11.9. The van der Waals surface area contributed by atoms with E-state index in [0.29, 0.717) is 18.4 Å². The van der Waals surface area contributed by atoms with Gasteiger partial charge >= 0.3 is 6.03 Å². The molecule has 0 radical (unpaired) electrons. The molecule has 0 aromatic rings. The zero-order valence-electron chi connectivity index (χ0n) is 13.3. The Kier molecular flexibility index (Phi) is 7.92. The lowest BCUT2D eigenvalue weighted by atomic mass is 9.93. The molecular weight excluding hydrogens is 256 g/mol. The first-order chi connectivity index (χ1) is 9.49. The Morgan fingerprint density at radius 3 is 2.40 bits per heavy atom. The summed E-state index contributed by atoms with van der Waals surface area (Å²) in [5, 5.41) is 5.94. The molecule has 118 valence electrons. The second kappa shape index (κ2) is 9.19. The summed E-state index contributed by atoms with van der Waals surface area (Å²) in [5.74, 6) is 1.03. The maximum Gasteiger partial charge on any atom is 0.315 e. The van der Waals surface area contributed by atoms with Crippen molar-refractivity contribution in [3.8, 4) is 0 Å². The molecule has 1 rings (SSSR count). The molecule has 5 nitrogen and oxygen atoms in total. The van der Waals surface area contributed by atoms with Crippen LogP contribution in [0.25, 0.3) is 0 Å². The SMILES string of the molecule is CC(C)COC[C@H](C)NC(=O)N[C@@H](C)C1CCOCC1. The van der Waals surface area contributed by atoms with E-state index in [-0.39, 0.29) is 18.1 Å². The minimum atomic E-state index is -0.107. The van der Waals surface area contributed by atoms with E-state index < -0.39 is 0 Å². The molecule has 0 saturated carbocycles. The Morgan fingerprint density at radius 1 is 1.15 bits per heavy atom. The second-order valence-corrected chi connectivity index (χ2v) is 6.19. The average molecular weight is 286 g/mol. The van der Waals surface area contributed by atoms with Crippen molar-refractivity contribution in [1.29, 1.82) is 0 Å². The number of hydrogen-bond donors (Lipinski definition) is 2. The molecule has 0 bridgehead atoms. The van der Waals surface area contributed by atoms with Gasteiger partial charge in [-0.05, 0) is 38.5 Å². The third-order valence-electron chi connectivity index (χ3n) is 3.53. The molecule has 0 aromatic heterocycles. The van der Waals surface area contributed by atoms with Crippen molar-refractivity contribution in [1.82, 2.24) is 10.6 Å². The lowest BCUT2D eigenvalue weighted by Gasteiger charge is -2.28. The van der Waals surface area contributed by atoms with Crippen LogP contribution in [0.4, 0.5) is 4.79 Å².